The van der Waals surface area contributed by atoms with Crippen molar-refractivity contribution in [3.8, 4) is 5.75 Å². The highest BCUT2D eigenvalue weighted by Crippen LogP contribution is 2.31. The van der Waals surface area contributed by atoms with Gasteiger partial charge in [0.25, 0.3) is 5.78 Å². The molecule has 30 heavy (non-hydrogen) atoms. The molecule has 0 fully saturated rings. The number of nitrogens with zero attached hydrogens (tertiary/aromatic N) is 1. The number of anilines is 1. The van der Waals surface area contributed by atoms with Crippen LogP contribution in [0.3, 0.4) is 0 Å². The van der Waals surface area contributed by atoms with Gasteiger partial charge in [0.2, 0.25) is 11.6 Å². The number of ether oxygens (including phenoxy) is 1. The van der Waals surface area contributed by atoms with Crippen LogP contribution >= 0.6 is 0 Å². The van der Waals surface area contributed by atoms with E-state index in [9.17, 15) is 24.3 Å². The molecule has 0 bridgehead atoms. The third-order valence-electron chi connectivity index (χ3n) is 5.79. The molecule has 7 heteroatoms. The molecule has 1 N–H and O–H groups in total. The minimum absolute atomic E-state index is 0.0529. The minimum atomic E-state index is -0.955. The first-order valence-corrected chi connectivity index (χ1v) is 10.6. The van der Waals surface area contributed by atoms with Gasteiger partial charge in [-0.25, -0.2) is 4.79 Å². The Kier molecular flexibility index (Phi) is 8.15. The molecule has 0 aromatic heterocycles. The first-order valence-electron chi connectivity index (χ1n) is 10.6. The van der Waals surface area contributed by atoms with E-state index in [0.29, 0.717) is 18.4 Å². The molecular weight excluding hydrogens is 386 g/mol. The van der Waals surface area contributed by atoms with E-state index in [-0.39, 0.29) is 36.5 Å². The zero-order valence-electron chi connectivity index (χ0n) is 18.2. The molecule has 0 radical (unpaired) electrons. The van der Waals surface area contributed by atoms with Crippen molar-refractivity contribution < 1.29 is 29.0 Å². The molecule has 0 amide bonds. The number of phenols is 1. The third-order valence-corrected chi connectivity index (χ3v) is 5.79. The Hall–Kier alpha value is -2.70. The Morgan fingerprint density at radius 1 is 1.00 bits per heavy atom. The molecule has 1 aromatic rings. The lowest BCUT2D eigenvalue weighted by molar-refractivity contribution is -0.144. The summed E-state index contributed by atoms with van der Waals surface area (Å²) in [6.07, 6.45) is 0.250. The molecule has 1 aliphatic heterocycles. The van der Waals surface area contributed by atoms with Crippen LogP contribution in [0.5, 0.6) is 5.75 Å². The zero-order valence-corrected chi connectivity index (χ0v) is 18.2. The van der Waals surface area contributed by atoms with E-state index in [4.69, 9.17) is 4.74 Å². The van der Waals surface area contributed by atoms with Gasteiger partial charge in [-0.2, -0.15) is 0 Å². The Morgan fingerprint density at radius 3 is 2.27 bits per heavy atom. The second-order valence-corrected chi connectivity index (χ2v) is 7.83. The number of Topliss-reactive ketones (excluding diaryl/α,β-unsaturated/α-hetero) is 3. The van der Waals surface area contributed by atoms with Crippen LogP contribution in [-0.4, -0.2) is 47.6 Å². The summed E-state index contributed by atoms with van der Waals surface area (Å²) in [5.74, 6) is -3.33. The molecule has 164 valence electrons. The number of ketones is 3. The average Bonchev–Trinajstić information content (AvgIpc) is 2.70. The Morgan fingerprint density at radius 2 is 1.63 bits per heavy atom. The molecule has 0 saturated heterocycles. The van der Waals surface area contributed by atoms with Crippen LogP contribution in [-0.2, 0) is 25.5 Å². The summed E-state index contributed by atoms with van der Waals surface area (Å²) in [6.45, 7) is 8.96. The van der Waals surface area contributed by atoms with Gasteiger partial charge in [0.15, 0.2) is 0 Å². The van der Waals surface area contributed by atoms with Crippen molar-refractivity contribution >= 4 is 29.0 Å². The van der Waals surface area contributed by atoms with E-state index in [0.717, 1.165) is 18.8 Å². The van der Waals surface area contributed by atoms with E-state index in [1.807, 2.05) is 31.7 Å². The summed E-state index contributed by atoms with van der Waals surface area (Å²) < 4.78 is 5.58. The van der Waals surface area contributed by atoms with Crippen molar-refractivity contribution in [2.75, 3.05) is 18.0 Å². The van der Waals surface area contributed by atoms with Gasteiger partial charge in [-0.15, -0.1) is 0 Å². The van der Waals surface area contributed by atoms with Crippen LogP contribution in [0.25, 0.3) is 0 Å². The lowest BCUT2D eigenvalue weighted by atomic mass is 9.94. The highest BCUT2D eigenvalue weighted by atomic mass is 16.5. The Labute approximate surface area is 177 Å². The van der Waals surface area contributed by atoms with Crippen molar-refractivity contribution in [3.05, 3.63) is 23.3 Å². The number of esters is 1. The van der Waals surface area contributed by atoms with Gasteiger partial charge < -0.3 is 14.7 Å². The topological polar surface area (TPSA) is 101 Å². The standard InChI is InChI=1S/C23H31NO6/c1-5-24(6-2)17-12-16-8-7-9-18(25)22(28)19(26)11-10-14(3)15(4)30-23(29)21(16)20(27)13-17/h12-15,27H,5-11H2,1-4H3/t14-,15+/m1/s1. The van der Waals surface area contributed by atoms with Crippen molar-refractivity contribution in [1.82, 2.24) is 0 Å². The van der Waals surface area contributed by atoms with Crippen molar-refractivity contribution in [3.63, 3.8) is 0 Å². The third kappa shape index (κ3) is 5.46. The van der Waals surface area contributed by atoms with Gasteiger partial charge in [-0.3, -0.25) is 14.4 Å². The lowest BCUT2D eigenvalue weighted by Gasteiger charge is -2.25. The molecule has 1 heterocycles. The fourth-order valence-electron chi connectivity index (χ4n) is 3.63. The Bertz CT molecular complexity index is 827. The smallest absolute Gasteiger partial charge is 0.342 e. The fraction of sp³-hybridized carbons (Fsp3) is 0.565. The highest BCUT2D eigenvalue weighted by molar-refractivity contribution is 6.63. The number of carbonyl (C=O) groups is 4. The van der Waals surface area contributed by atoms with E-state index < -0.39 is 29.4 Å². The summed E-state index contributed by atoms with van der Waals surface area (Å²) in [5, 5.41) is 10.6. The number of carbonyl (C=O) groups excluding carboxylic acids is 4. The van der Waals surface area contributed by atoms with Gasteiger partial charge in [0.05, 0.1) is 0 Å². The second-order valence-electron chi connectivity index (χ2n) is 7.83. The second kappa shape index (κ2) is 10.4. The fourth-order valence-corrected chi connectivity index (χ4v) is 3.63. The number of hydrogen-bond donors (Lipinski definition) is 1. The van der Waals surface area contributed by atoms with Crippen LogP contribution in [0, 0.1) is 5.92 Å². The van der Waals surface area contributed by atoms with Crippen LogP contribution in [0.4, 0.5) is 5.69 Å². The maximum atomic E-state index is 12.9. The molecule has 0 unspecified atom stereocenters. The first-order chi connectivity index (χ1) is 14.2. The molecule has 1 aromatic carbocycles. The molecule has 1 aliphatic rings. The number of aromatic hydroxyl groups is 1. The van der Waals surface area contributed by atoms with E-state index >= 15 is 0 Å². The monoisotopic (exact) mass is 417 g/mol. The number of phenolic OH excluding ortho intramolecular Hbond substituents is 1. The number of benzene rings is 1. The predicted octanol–water partition coefficient (Wildman–Crippen LogP) is 3.24. The molecule has 7 nitrogen and oxygen atoms in total. The van der Waals surface area contributed by atoms with Gasteiger partial charge in [-0.05, 0) is 57.6 Å². The lowest BCUT2D eigenvalue weighted by Crippen LogP contribution is -2.28. The number of fused-ring (bicyclic) bond motifs is 1. The maximum Gasteiger partial charge on any atom is 0.342 e. The summed E-state index contributed by atoms with van der Waals surface area (Å²) in [7, 11) is 0. The first kappa shape index (κ1) is 23.6. The largest absolute Gasteiger partial charge is 0.507 e. The maximum absolute atomic E-state index is 12.9. The summed E-state index contributed by atoms with van der Waals surface area (Å²) in [4.78, 5) is 51.1. The van der Waals surface area contributed by atoms with Crippen LogP contribution in [0.15, 0.2) is 12.1 Å². The van der Waals surface area contributed by atoms with E-state index in [1.165, 1.54) is 0 Å². The molecular formula is C23H31NO6. The molecule has 2 rings (SSSR count). The number of hydrogen-bond acceptors (Lipinski definition) is 7. The van der Waals surface area contributed by atoms with Gasteiger partial charge in [-0.1, -0.05) is 6.92 Å². The molecule has 0 spiro atoms. The summed E-state index contributed by atoms with van der Waals surface area (Å²) in [6, 6.07) is 3.37. The number of aryl methyl sites for hydroxylation is 1. The minimum Gasteiger partial charge on any atom is -0.507 e. The van der Waals surface area contributed by atoms with Crippen molar-refractivity contribution in [2.45, 2.75) is 65.9 Å². The van der Waals surface area contributed by atoms with Crippen LogP contribution in [0.2, 0.25) is 0 Å². The van der Waals surface area contributed by atoms with Crippen molar-refractivity contribution in [1.29, 1.82) is 0 Å². The quantitative estimate of drug-likeness (QED) is 0.595. The predicted molar refractivity (Wildman–Crippen MR) is 113 cm³/mol. The normalized spacial score (nSPS) is 21.6. The zero-order chi connectivity index (χ0) is 22.4. The van der Waals surface area contributed by atoms with Crippen LogP contribution < -0.4 is 4.90 Å². The highest BCUT2D eigenvalue weighted by Gasteiger charge is 2.28. The average molecular weight is 418 g/mol. The van der Waals surface area contributed by atoms with Crippen LogP contribution in [0.1, 0.15) is 69.3 Å². The summed E-state index contributed by atoms with van der Waals surface area (Å²) >= 11 is 0. The van der Waals surface area contributed by atoms with E-state index in [1.54, 1.807) is 13.0 Å². The van der Waals surface area contributed by atoms with Gasteiger partial charge in [0, 0.05) is 37.7 Å². The molecule has 0 aliphatic carbocycles. The van der Waals surface area contributed by atoms with Gasteiger partial charge in [0.1, 0.15) is 17.4 Å². The Balaban J connectivity index is 2.45. The SMILES string of the molecule is CCN(CC)c1cc(O)c2c(c1)CCCC(=O)C(=O)C(=O)CC[C@@H](C)[C@H](C)OC2=O. The van der Waals surface area contributed by atoms with Gasteiger partial charge >= 0.3 is 5.97 Å². The number of cyclic esters (lactones) is 1. The van der Waals surface area contributed by atoms with E-state index in [2.05, 4.69) is 0 Å². The molecule has 0 saturated carbocycles. The summed E-state index contributed by atoms with van der Waals surface area (Å²) in [5.41, 5.74) is 1.42. The van der Waals surface area contributed by atoms with Crippen molar-refractivity contribution in [2.24, 2.45) is 5.92 Å². The number of rotatable bonds is 3. The molecule has 2 atom stereocenters.